The van der Waals surface area contributed by atoms with Gasteiger partial charge in [-0.1, -0.05) is 182 Å². The molecular formula is C56H40. The maximum Gasteiger partial charge on any atom is -0.00928 e. The fraction of sp³-hybridized carbons (Fsp3) is 0.0357. The first kappa shape index (κ1) is 33.5. The number of rotatable bonds is 6. The van der Waals surface area contributed by atoms with Gasteiger partial charge in [0.25, 0.3) is 0 Å². The first-order valence-corrected chi connectivity index (χ1v) is 19.5. The molecule has 0 radical (unpaired) electrons. The smallest absolute Gasteiger partial charge is 0.00928 e. The lowest BCUT2D eigenvalue weighted by Crippen LogP contribution is -1.91. The molecule has 10 aromatic rings. The van der Waals surface area contributed by atoms with Gasteiger partial charge in [-0.25, -0.2) is 0 Å². The van der Waals surface area contributed by atoms with Gasteiger partial charge >= 0.3 is 0 Å². The zero-order chi connectivity index (χ0) is 37.6. The Morgan fingerprint density at radius 3 is 0.946 bits per heavy atom. The molecule has 10 rings (SSSR count). The van der Waals surface area contributed by atoms with Gasteiger partial charge in [-0.3, -0.25) is 0 Å². The van der Waals surface area contributed by atoms with Gasteiger partial charge in [0.2, 0.25) is 0 Å². The fourth-order valence-corrected chi connectivity index (χ4v) is 8.67. The van der Waals surface area contributed by atoms with Crippen molar-refractivity contribution in [3.63, 3.8) is 0 Å². The minimum absolute atomic E-state index is 1.22. The summed E-state index contributed by atoms with van der Waals surface area (Å²) in [7, 11) is 0. The highest BCUT2D eigenvalue weighted by Gasteiger charge is 2.15. The summed E-state index contributed by atoms with van der Waals surface area (Å²) in [4.78, 5) is 0. The van der Waals surface area contributed by atoms with Crippen LogP contribution in [0, 0.1) is 13.8 Å². The Kier molecular flexibility index (Phi) is 8.38. The van der Waals surface area contributed by atoms with Crippen LogP contribution in [0.1, 0.15) is 11.1 Å². The van der Waals surface area contributed by atoms with Crippen molar-refractivity contribution in [3.8, 4) is 66.8 Å². The maximum absolute atomic E-state index is 2.40. The highest BCUT2D eigenvalue weighted by molar-refractivity contribution is 6.26. The molecule has 0 heteroatoms. The van der Waals surface area contributed by atoms with Crippen LogP contribution in [0.25, 0.3) is 99.1 Å². The van der Waals surface area contributed by atoms with E-state index in [-0.39, 0.29) is 0 Å². The summed E-state index contributed by atoms with van der Waals surface area (Å²) >= 11 is 0. The lowest BCUT2D eigenvalue weighted by molar-refractivity contribution is 1.45. The molecule has 0 aromatic heterocycles. The topological polar surface area (TPSA) is 0 Å². The first-order chi connectivity index (χ1) is 27.6. The van der Waals surface area contributed by atoms with Crippen LogP contribution < -0.4 is 0 Å². The molecular weight excluding hydrogens is 673 g/mol. The summed E-state index contributed by atoms with van der Waals surface area (Å²) in [5.41, 5.74) is 17.4. The van der Waals surface area contributed by atoms with Crippen molar-refractivity contribution in [2.24, 2.45) is 0 Å². The Hall–Kier alpha value is -7.02. The van der Waals surface area contributed by atoms with Gasteiger partial charge in [0.1, 0.15) is 0 Å². The molecule has 56 heavy (non-hydrogen) atoms. The van der Waals surface area contributed by atoms with Crippen LogP contribution in [0.5, 0.6) is 0 Å². The molecule has 0 spiro atoms. The molecule has 264 valence electrons. The second-order valence-electron chi connectivity index (χ2n) is 14.9. The van der Waals surface area contributed by atoms with Gasteiger partial charge < -0.3 is 0 Å². The molecule has 0 atom stereocenters. The summed E-state index contributed by atoms with van der Waals surface area (Å²) in [5, 5.41) is 7.66. The predicted molar refractivity (Wildman–Crippen MR) is 241 cm³/mol. The highest BCUT2D eigenvalue weighted by Crippen LogP contribution is 2.42. The lowest BCUT2D eigenvalue weighted by atomic mass is 9.87. The number of aryl methyl sites for hydroxylation is 2. The van der Waals surface area contributed by atoms with E-state index in [4.69, 9.17) is 0 Å². The van der Waals surface area contributed by atoms with Crippen molar-refractivity contribution in [3.05, 3.63) is 217 Å². The summed E-state index contributed by atoms with van der Waals surface area (Å²) in [6.07, 6.45) is 0. The summed E-state index contributed by atoms with van der Waals surface area (Å²) < 4.78 is 0. The van der Waals surface area contributed by atoms with Gasteiger partial charge in [-0.2, -0.15) is 0 Å². The predicted octanol–water partition coefficient (Wildman–Crippen LogP) is 15.8. The van der Waals surface area contributed by atoms with E-state index in [0.29, 0.717) is 0 Å². The van der Waals surface area contributed by atoms with Crippen LogP contribution in [-0.4, -0.2) is 0 Å². The van der Waals surface area contributed by atoms with E-state index in [9.17, 15) is 0 Å². The summed E-state index contributed by atoms with van der Waals surface area (Å²) in [5.74, 6) is 0. The molecule has 10 aromatic carbocycles. The minimum Gasteiger partial charge on any atom is -0.0622 e. The molecule has 0 amide bonds. The molecule has 0 aliphatic carbocycles. The number of hydrogen-bond donors (Lipinski definition) is 0. The van der Waals surface area contributed by atoms with Gasteiger partial charge in [-0.15, -0.1) is 0 Å². The third kappa shape index (κ3) is 5.88. The monoisotopic (exact) mass is 712 g/mol. The maximum atomic E-state index is 2.40. The molecule has 0 aliphatic heterocycles. The van der Waals surface area contributed by atoms with E-state index in [1.54, 1.807) is 0 Å². The standard InChI is InChI=1S/C56H40/c1-37-25-27-41(33-53(37)47-21-11-9-19-45(47)39-15-5-3-6-16-39)43-29-31-51-52-32-30-44(36-56(52)50-24-14-13-23-49(50)55(51)35-43)42-28-26-38(2)54(34-42)48-22-12-10-20-46(48)40-17-7-4-8-18-40/h3-36H,1-2H3. The van der Waals surface area contributed by atoms with Gasteiger partial charge in [0.05, 0.1) is 0 Å². The fourth-order valence-electron chi connectivity index (χ4n) is 8.67. The van der Waals surface area contributed by atoms with E-state index in [1.165, 1.54) is 110 Å². The number of fused-ring (bicyclic) bond motifs is 6. The molecule has 0 saturated carbocycles. The third-order valence-electron chi connectivity index (χ3n) is 11.6. The Bertz CT molecular complexity index is 2850. The molecule has 0 unspecified atom stereocenters. The van der Waals surface area contributed by atoms with Crippen molar-refractivity contribution in [2.45, 2.75) is 13.8 Å². The first-order valence-electron chi connectivity index (χ1n) is 19.5. The largest absolute Gasteiger partial charge is 0.0622 e. The average Bonchev–Trinajstić information content (AvgIpc) is 3.27. The zero-order valence-electron chi connectivity index (χ0n) is 31.6. The minimum atomic E-state index is 1.22. The van der Waals surface area contributed by atoms with Crippen molar-refractivity contribution < 1.29 is 0 Å². The van der Waals surface area contributed by atoms with Gasteiger partial charge in [-0.05, 0) is 148 Å². The van der Waals surface area contributed by atoms with Crippen molar-refractivity contribution in [2.75, 3.05) is 0 Å². The van der Waals surface area contributed by atoms with Gasteiger partial charge in [0, 0.05) is 0 Å². The lowest BCUT2D eigenvalue weighted by Gasteiger charge is -2.16. The second-order valence-corrected chi connectivity index (χ2v) is 14.9. The molecule has 0 bridgehead atoms. The van der Waals surface area contributed by atoms with Crippen LogP contribution >= 0.6 is 0 Å². The van der Waals surface area contributed by atoms with Crippen molar-refractivity contribution >= 4 is 32.3 Å². The van der Waals surface area contributed by atoms with E-state index in [2.05, 4.69) is 220 Å². The van der Waals surface area contributed by atoms with Crippen molar-refractivity contribution in [1.29, 1.82) is 0 Å². The third-order valence-corrected chi connectivity index (χ3v) is 11.6. The Morgan fingerprint density at radius 1 is 0.196 bits per heavy atom. The molecule has 0 heterocycles. The van der Waals surface area contributed by atoms with Crippen LogP contribution in [0.3, 0.4) is 0 Å². The van der Waals surface area contributed by atoms with Crippen LogP contribution in [-0.2, 0) is 0 Å². The average molecular weight is 713 g/mol. The van der Waals surface area contributed by atoms with E-state index >= 15 is 0 Å². The summed E-state index contributed by atoms with van der Waals surface area (Å²) in [6, 6.07) is 75.8. The molecule has 0 nitrogen and oxygen atoms in total. The van der Waals surface area contributed by atoms with E-state index in [0.717, 1.165) is 0 Å². The quantitative estimate of drug-likeness (QED) is 0.151. The molecule has 0 saturated heterocycles. The summed E-state index contributed by atoms with van der Waals surface area (Å²) in [6.45, 7) is 4.44. The Morgan fingerprint density at radius 2 is 0.518 bits per heavy atom. The van der Waals surface area contributed by atoms with E-state index < -0.39 is 0 Å². The SMILES string of the molecule is Cc1ccc(-c2ccc3c4ccc(-c5ccc(C)c(-c6ccccc6-c6ccccc6)c5)cc4c4ccccc4c3c2)cc1-c1ccccc1-c1ccccc1. The molecule has 0 N–H and O–H groups in total. The van der Waals surface area contributed by atoms with Crippen LogP contribution in [0.4, 0.5) is 0 Å². The van der Waals surface area contributed by atoms with Gasteiger partial charge in [0.15, 0.2) is 0 Å². The Labute approximate surface area is 329 Å². The molecule has 0 fully saturated rings. The number of benzene rings is 10. The Balaban J connectivity index is 1.09. The van der Waals surface area contributed by atoms with E-state index in [1.807, 2.05) is 0 Å². The highest BCUT2D eigenvalue weighted by atomic mass is 14.2. The number of hydrogen-bond acceptors (Lipinski definition) is 0. The van der Waals surface area contributed by atoms with Crippen molar-refractivity contribution in [1.82, 2.24) is 0 Å². The van der Waals surface area contributed by atoms with Crippen LogP contribution in [0.2, 0.25) is 0 Å². The van der Waals surface area contributed by atoms with Crippen LogP contribution in [0.15, 0.2) is 206 Å². The normalized spacial score (nSPS) is 11.4. The molecule has 0 aliphatic rings. The second kappa shape index (κ2) is 14.0. The zero-order valence-corrected chi connectivity index (χ0v) is 31.6.